The Morgan fingerprint density at radius 2 is 2.03 bits per heavy atom. The number of nitrogens with zero attached hydrogens (tertiary/aromatic N) is 2. The third-order valence-corrected chi connectivity index (χ3v) is 8.78. The Hall–Kier alpha value is -2.65. The van der Waals surface area contributed by atoms with Crippen molar-refractivity contribution < 1.29 is 9.59 Å². The van der Waals surface area contributed by atoms with E-state index >= 15 is 0 Å². The van der Waals surface area contributed by atoms with E-state index in [2.05, 4.69) is 15.3 Å². The van der Waals surface area contributed by atoms with Gasteiger partial charge < -0.3 is 15.2 Å². The molecule has 0 atom stereocenters. The highest BCUT2D eigenvalue weighted by Crippen LogP contribution is 2.34. The number of hydrogen-bond donors (Lipinski definition) is 2. The molecule has 0 saturated carbocycles. The van der Waals surface area contributed by atoms with Crippen LogP contribution in [0.4, 0.5) is 0 Å². The van der Waals surface area contributed by atoms with Crippen molar-refractivity contribution in [2.75, 3.05) is 18.8 Å². The molecule has 2 aliphatic rings. The van der Waals surface area contributed by atoms with Gasteiger partial charge in [-0.3, -0.25) is 14.4 Å². The number of aromatic amines is 1. The normalized spacial score (nSPS) is 16.1. The lowest BCUT2D eigenvalue weighted by Gasteiger charge is -2.32. The maximum Gasteiger partial charge on any atom is 0.259 e. The number of benzene rings is 1. The molecule has 34 heavy (non-hydrogen) atoms. The van der Waals surface area contributed by atoms with Crippen molar-refractivity contribution in [3.63, 3.8) is 0 Å². The van der Waals surface area contributed by atoms with E-state index in [9.17, 15) is 14.4 Å². The summed E-state index contributed by atoms with van der Waals surface area (Å²) in [6, 6.07) is 7.65. The van der Waals surface area contributed by atoms with Gasteiger partial charge in [-0.1, -0.05) is 18.2 Å². The van der Waals surface area contributed by atoms with Gasteiger partial charge in [-0.15, -0.1) is 23.1 Å². The number of rotatable bonds is 6. The SMILES string of the molecule is Cc1ccccc1C(=O)NC1CCN(C(=O)CSCc2nc3sc4c(c3c(=O)[nH]2)CCC4)CC1. The van der Waals surface area contributed by atoms with Gasteiger partial charge in [0.25, 0.3) is 11.5 Å². The second-order valence-corrected chi connectivity index (χ2v) is 11.1. The molecule has 2 amide bonds. The van der Waals surface area contributed by atoms with E-state index in [1.807, 2.05) is 36.1 Å². The lowest BCUT2D eigenvalue weighted by molar-refractivity contribution is -0.129. The number of likely N-dealkylation sites (tertiary alicyclic amines) is 1. The van der Waals surface area contributed by atoms with Gasteiger partial charge in [0.05, 0.1) is 16.9 Å². The summed E-state index contributed by atoms with van der Waals surface area (Å²) >= 11 is 3.11. The Balaban J connectivity index is 1.09. The van der Waals surface area contributed by atoms with Gasteiger partial charge in [-0.25, -0.2) is 4.98 Å². The van der Waals surface area contributed by atoms with Crippen LogP contribution in [0, 0.1) is 6.92 Å². The van der Waals surface area contributed by atoms with Crippen LogP contribution in [0.5, 0.6) is 0 Å². The van der Waals surface area contributed by atoms with Gasteiger partial charge in [0, 0.05) is 29.6 Å². The summed E-state index contributed by atoms with van der Waals surface area (Å²) in [6.07, 6.45) is 4.63. The van der Waals surface area contributed by atoms with Gasteiger partial charge in [-0.2, -0.15) is 0 Å². The van der Waals surface area contributed by atoms with Crippen molar-refractivity contribution in [3.05, 3.63) is 62.0 Å². The molecule has 0 bridgehead atoms. The lowest BCUT2D eigenvalue weighted by atomic mass is 10.0. The molecule has 1 aromatic carbocycles. The van der Waals surface area contributed by atoms with E-state index in [0.717, 1.165) is 47.9 Å². The van der Waals surface area contributed by atoms with Crippen molar-refractivity contribution in [2.45, 2.75) is 50.8 Å². The number of nitrogens with one attached hydrogen (secondary N) is 2. The predicted octanol–water partition coefficient (Wildman–Crippen LogP) is 3.44. The van der Waals surface area contributed by atoms with Crippen LogP contribution in [0.15, 0.2) is 29.1 Å². The van der Waals surface area contributed by atoms with Gasteiger partial charge in [0.2, 0.25) is 5.91 Å². The van der Waals surface area contributed by atoms with Crippen LogP contribution in [0.3, 0.4) is 0 Å². The Labute approximate surface area is 206 Å². The molecule has 0 spiro atoms. The average molecular weight is 497 g/mol. The fourth-order valence-electron chi connectivity index (χ4n) is 4.81. The highest BCUT2D eigenvalue weighted by Gasteiger charge is 2.25. The number of fused-ring (bicyclic) bond motifs is 3. The topological polar surface area (TPSA) is 95.2 Å². The summed E-state index contributed by atoms with van der Waals surface area (Å²) in [7, 11) is 0. The summed E-state index contributed by atoms with van der Waals surface area (Å²) in [4.78, 5) is 49.4. The Morgan fingerprint density at radius 1 is 1.24 bits per heavy atom. The third-order valence-electron chi connectivity index (χ3n) is 6.66. The summed E-state index contributed by atoms with van der Waals surface area (Å²) in [5.74, 6) is 1.53. The fourth-order valence-corrected chi connectivity index (χ4v) is 6.88. The number of amides is 2. The zero-order chi connectivity index (χ0) is 23.7. The molecule has 1 saturated heterocycles. The molecule has 1 aliphatic heterocycles. The summed E-state index contributed by atoms with van der Waals surface area (Å²) in [5, 5.41) is 3.87. The highest BCUT2D eigenvalue weighted by molar-refractivity contribution is 7.99. The smallest absolute Gasteiger partial charge is 0.259 e. The molecule has 5 rings (SSSR count). The number of carbonyl (C=O) groups excluding carboxylic acids is 2. The molecule has 1 fully saturated rings. The number of aromatic nitrogens is 2. The maximum absolute atomic E-state index is 12.7. The van der Waals surface area contributed by atoms with Crippen molar-refractivity contribution in [2.24, 2.45) is 0 Å². The standard InChI is InChI=1S/C25H28N4O3S2/c1-15-5-2-3-6-17(15)23(31)26-16-9-11-29(12-10-16)21(30)14-33-13-20-27-24(32)22-18-7-4-8-19(18)34-25(22)28-20/h2-3,5-6,16H,4,7-14H2,1H3,(H,26,31)(H,27,28,32). The molecule has 7 nitrogen and oxygen atoms in total. The zero-order valence-electron chi connectivity index (χ0n) is 19.2. The Morgan fingerprint density at radius 3 is 2.82 bits per heavy atom. The molecular weight excluding hydrogens is 468 g/mol. The van der Waals surface area contributed by atoms with Crippen LogP contribution in [0.25, 0.3) is 10.2 Å². The number of H-pyrrole nitrogens is 1. The molecule has 3 heterocycles. The number of aryl methyl sites for hydroxylation is 3. The van der Waals surface area contributed by atoms with Gasteiger partial charge in [0.15, 0.2) is 0 Å². The molecule has 2 N–H and O–H groups in total. The van der Waals surface area contributed by atoms with Crippen molar-refractivity contribution in [1.29, 1.82) is 0 Å². The minimum atomic E-state index is -0.0545. The number of carbonyl (C=O) groups is 2. The second-order valence-electron chi connectivity index (χ2n) is 8.99. The van der Waals surface area contributed by atoms with E-state index < -0.39 is 0 Å². The average Bonchev–Trinajstić information content (AvgIpc) is 3.41. The van der Waals surface area contributed by atoms with E-state index in [0.29, 0.717) is 36.0 Å². The van der Waals surface area contributed by atoms with Crippen molar-refractivity contribution in [1.82, 2.24) is 20.2 Å². The van der Waals surface area contributed by atoms with E-state index in [-0.39, 0.29) is 23.4 Å². The van der Waals surface area contributed by atoms with Crippen LogP contribution >= 0.6 is 23.1 Å². The molecule has 178 valence electrons. The van der Waals surface area contributed by atoms with E-state index in [1.54, 1.807) is 11.3 Å². The van der Waals surface area contributed by atoms with Crippen LogP contribution in [-0.4, -0.2) is 51.6 Å². The van der Waals surface area contributed by atoms with Crippen LogP contribution < -0.4 is 10.9 Å². The monoisotopic (exact) mass is 496 g/mol. The number of thiophene rings is 1. The minimum absolute atomic E-state index is 0.0483. The van der Waals surface area contributed by atoms with Gasteiger partial charge >= 0.3 is 0 Å². The summed E-state index contributed by atoms with van der Waals surface area (Å²) < 4.78 is 0. The molecule has 2 aromatic heterocycles. The van der Waals surface area contributed by atoms with Crippen LogP contribution in [0.2, 0.25) is 0 Å². The first kappa shape index (κ1) is 23.1. The number of thioether (sulfide) groups is 1. The largest absolute Gasteiger partial charge is 0.349 e. The summed E-state index contributed by atoms with van der Waals surface area (Å²) in [6.45, 7) is 3.21. The second kappa shape index (κ2) is 9.92. The van der Waals surface area contributed by atoms with Gasteiger partial charge in [-0.05, 0) is 56.2 Å². The van der Waals surface area contributed by atoms with Gasteiger partial charge in [0.1, 0.15) is 10.7 Å². The van der Waals surface area contributed by atoms with Crippen LogP contribution in [0.1, 0.15) is 51.4 Å². The highest BCUT2D eigenvalue weighted by atomic mass is 32.2. The molecular formula is C25H28N4O3S2. The Bertz CT molecular complexity index is 1290. The first-order valence-electron chi connectivity index (χ1n) is 11.7. The van der Waals surface area contributed by atoms with Crippen molar-refractivity contribution in [3.8, 4) is 0 Å². The molecule has 9 heteroatoms. The molecule has 3 aromatic rings. The van der Waals surface area contributed by atoms with E-state index in [4.69, 9.17) is 0 Å². The predicted molar refractivity (Wildman–Crippen MR) is 137 cm³/mol. The first-order chi connectivity index (χ1) is 16.5. The number of piperidine rings is 1. The lowest BCUT2D eigenvalue weighted by Crippen LogP contribution is -2.47. The van der Waals surface area contributed by atoms with E-state index in [1.165, 1.54) is 22.2 Å². The quantitative estimate of drug-likeness (QED) is 0.545. The molecule has 0 radical (unpaired) electrons. The van der Waals surface area contributed by atoms with Crippen LogP contribution in [-0.2, 0) is 23.4 Å². The van der Waals surface area contributed by atoms with Crippen molar-refractivity contribution >= 4 is 45.1 Å². The zero-order valence-corrected chi connectivity index (χ0v) is 20.8. The Kier molecular flexibility index (Phi) is 6.74. The molecule has 1 aliphatic carbocycles. The minimum Gasteiger partial charge on any atom is -0.349 e. The molecule has 0 unspecified atom stereocenters. The third kappa shape index (κ3) is 4.77. The maximum atomic E-state index is 12.7. The first-order valence-corrected chi connectivity index (χ1v) is 13.7. The summed E-state index contributed by atoms with van der Waals surface area (Å²) in [5.41, 5.74) is 2.79. The number of hydrogen-bond acceptors (Lipinski definition) is 6. The fraction of sp³-hybridized carbons (Fsp3) is 0.440.